The third-order valence-electron chi connectivity index (χ3n) is 3.19. The standard InChI is InChI=1S/C14H22N2O/c1-12-4-2-5-14(10-12)17-9-3-7-16-8-6-13(15)11-16/h2,4-5,10,13H,3,6-9,11,15H2,1H3/t13-/m1/s1. The predicted molar refractivity (Wildman–Crippen MR) is 70.3 cm³/mol. The Morgan fingerprint density at radius 2 is 2.35 bits per heavy atom. The van der Waals surface area contributed by atoms with E-state index in [9.17, 15) is 0 Å². The second-order valence-corrected chi connectivity index (χ2v) is 4.87. The van der Waals surface area contributed by atoms with Crippen molar-refractivity contribution in [3.05, 3.63) is 29.8 Å². The molecule has 0 saturated carbocycles. The monoisotopic (exact) mass is 234 g/mol. The van der Waals surface area contributed by atoms with Crippen LogP contribution in [0.4, 0.5) is 0 Å². The number of hydrogen-bond donors (Lipinski definition) is 1. The van der Waals surface area contributed by atoms with Gasteiger partial charge in [-0.15, -0.1) is 0 Å². The van der Waals surface area contributed by atoms with E-state index in [0.29, 0.717) is 6.04 Å². The van der Waals surface area contributed by atoms with E-state index in [0.717, 1.165) is 44.8 Å². The van der Waals surface area contributed by atoms with Crippen LogP contribution in [0.15, 0.2) is 24.3 Å². The van der Waals surface area contributed by atoms with Crippen LogP contribution in [0.2, 0.25) is 0 Å². The molecule has 1 aliphatic rings. The number of aryl methyl sites for hydroxylation is 1. The molecule has 0 aromatic heterocycles. The summed E-state index contributed by atoms with van der Waals surface area (Å²) in [7, 11) is 0. The summed E-state index contributed by atoms with van der Waals surface area (Å²) < 4.78 is 5.72. The molecule has 94 valence electrons. The van der Waals surface area contributed by atoms with Crippen LogP contribution in [0.1, 0.15) is 18.4 Å². The van der Waals surface area contributed by atoms with E-state index in [-0.39, 0.29) is 0 Å². The van der Waals surface area contributed by atoms with Gasteiger partial charge in [-0.3, -0.25) is 0 Å². The lowest BCUT2D eigenvalue weighted by Gasteiger charge is -2.15. The van der Waals surface area contributed by atoms with Gasteiger partial charge in [0.2, 0.25) is 0 Å². The Balaban J connectivity index is 1.63. The lowest BCUT2D eigenvalue weighted by molar-refractivity contribution is 0.262. The fourth-order valence-corrected chi connectivity index (χ4v) is 2.25. The molecule has 1 aliphatic heterocycles. The quantitative estimate of drug-likeness (QED) is 0.790. The summed E-state index contributed by atoms with van der Waals surface area (Å²) in [6, 6.07) is 8.58. The molecule has 1 aromatic carbocycles. The molecule has 2 N–H and O–H groups in total. The van der Waals surface area contributed by atoms with E-state index in [2.05, 4.69) is 24.0 Å². The maximum atomic E-state index is 5.86. The number of nitrogens with zero attached hydrogens (tertiary/aromatic N) is 1. The van der Waals surface area contributed by atoms with E-state index in [1.807, 2.05) is 12.1 Å². The van der Waals surface area contributed by atoms with Crippen LogP contribution >= 0.6 is 0 Å². The fraction of sp³-hybridized carbons (Fsp3) is 0.571. The van der Waals surface area contributed by atoms with Gasteiger partial charge < -0.3 is 15.4 Å². The maximum absolute atomic E-state index is 5.86. The van der Waals surface area contributed by atoms with Crippen molar-refractivity contribution in [1.82, 2.24) is 4.90 Å². The van der Waals surface area contributed by atoms with Gasteiger partial charge in [0.25, 0.3) is 0 Å². The summed E-state index contributed by atoms with van der Waals surface area (Å²) in [5.41, 5.74) is 7.11. The topological polar surface area (TPSA) is 38.5 Å². The van der Waals surface area contributed by atoms with Gasteiger partial charge in [0.1, 0.15) is 5.75 Å². The molecule has 0 radical (unpaired) electrons. The van der Waals surface area contributed by atoms with Gasteiger partial charge >= 0.3 is 0 Å². The smallest absolute Gasteiger partial charge is 0.119 e. The van der Waals surface area contributed by atoms with Crippen molar-refractivity contribution in [2.45, 2.75) is 25.8 Å². The van der Waals surface area contributed by atoms with Gasteiger partial charge in [0.05, 0.1) is 6.61 Å². The Bertz CT molecular complexity index is 354. The summed E-state index contributed by atoms with van der Waals surface area (Å²) in [6.07, 6.45) is 2.21. The molecule has 1 heterocycles. The molecular formula is C14H22N2O. The van der Waals surface area contributed by atoms with Crippen molar-refractivity contribution < 1.29 is 4.74 Å². The maximum Gasteiger partial charge on any atom is 0.119 e. The number of benzene rings is 1. The first-order valence-corrected chi connectivity index (χ1v) is 6.41. The highest BCUT2D eigenvalue weighted by atomic mass is 16.5. The molecule has 0 amide bonds. The molecule has 3 heteroatoms. The zero-order chi connectivity index (χ0) is 12.1. The molecular weight excluding hydrogens is 212 g/mol. The van der Waals surface area contributed by atoms with Crippen molar-refractivity contribution in [1.29, 1.82) is 0 Å². The Morgan fingerprint density at radius 1 is 1.47 bits per heavy atom. The van der Waals surface area contributed by atoms with Crippen molar-refractivity contribution >= 4 is 0 Å². The molecule has 1 atom stereocenters. The number of rotatable bonds is 5. The Hall–Kier alpha value is -1.06. The van der Waals surface area contributed by atoms with Crippen LogP contribution in [-0.4, -0.2) is 37.2 Å². The summed E-state index contributed by atoms with van der Waals surface area (Å²) in [4.78, 5) is 2.42. The average molecular weight is 234 g/mol. The van der Waals surface area contributed by atoms with Crippen molar-refractivity contribution in [3.63, 3.8) is 0 Å². The number of likely N-dealkylation sites (tertiary alicyclic amines) is 1. The molecule has 0 unspecified atom stereocenters. The summed E-state index contributed by atoms with van der Waals surface area (Å²) >= 11 is 0. The zero-order valence-corrected chi connectivity index (χ0v) is 10.6. The molecule has 17 heavy (non-hydrogen) atoms. The third-order valence-corrected chi connectivity index (χ3v) is 3.19. The number of ether oxygens (including phenoxy) is 1. The lowest BCUT2D eigenvalue weighted by atomic mass is 10.2. The van der Waals surface area contributed by atoms with Crippen molar-refractivity contribution in [3.8, 4) is 5.75 Å². The van der Waals surface area contributed by atoms with Crippen LogP contribution in [0, 0.1) is 6.92 Å². The Morgan fingerprint density at radius 3 is 3.06 bits per heavy atom. The molecule has 0 bridgehead atoms. The molecule has 3 nitrogen and oxygen atoms in total. The zero-order valence-electron chi connectivity index (χ0n) is 10.6. The predicted octanol–water partition coefficient (Wildman–Crippen LogP) is 1.80. The van der Waals surface area contributed by atoms with Gasteiger partial charge in [-0.1, -0.05) is 12.1 Å². The van der Waals surface area contributed by atoms with Crippen LogP contribution in [0.25, 0.3) is 0 Å². The van der Waals surface area contributed by atoms with Crippen molar-refractivity contribution in [2.24, 2.45) is 5.73 Å². The molecule has 1 aromatic rings. The van der Waals surface area contributed by atoms with E-state index in [1.165, 1.54) is 5.56 Å². The average Bonchev–Trinajstić information content (AvgIpc) is 2.71. The first-order valence-electron chi connectivity index (χ1n) is 6.41. The van der Waals surface area contributed by atoms with Crippen LogP contribution < -0.4 is 10.5 Å². The minimum Gasteiger partial charge on any atom is -0.494 e. The third kappa shape index (κ3) is 4.02. The molecule has 0 aliphatic carbocycles. The number of hydrogen-bond acceptors (Lipinski definition) is 3. The Kier molecular flexibility index (Phi) is 4.40. The molecule has 1 fully saturated rings. The summed E-state index contributed by atoms with van der Waals surface area (Å²) in [5.74, 6) is 0.975. The minimum absolute atomic E-state index is 0.382. The van der Waals surface area contributed by atoms with Crippen LogP contribution in [0.5, 0.6) is 5.75 Å². The van der Waals surface area contributed by atoms with Crippen LogP contribution in [-0.2, 0) is 0 Å². The molecule has 0 spiro atoms. The highest BCUT2D eigenvalue weighted by molar-refractivity contribution is 5.27. The lowest BCUT2D eigenvalue weighted by Crippen LogP contribution is -2.28. The first-order chi connectivity index (χ1) is 8.24. The Labute approximate surface area is 104 Å². The summed E-state index contributed by atoms with van der Waals surface area (Å²) in [6.45, 7) is 6.16. The van der Waals surface area contributed by atoms with E-state index in [1.54, 1.807) is 0 Å². The first kappa shape index (κ1) is 12.4. The number of nitrogens with two attached hydrogens (primary N) is 1. The fourth-order valence-electron chi connectivity index (χ4n) is 2.25. The SMILES string of the molecule is Cc1cccc(OCCCN2CC[C@@H](N)C2)c1. The second kappa shape index (κ2) is 6.03. The van der Waals surface area contributed by atoms with E-state index in [4.69, 9.17) is 10.5 Å². The van der Waals surface area contributed by atoms with E-state index >= 15 is 0 Å². The van der Waals surface area contributed by atoms with Gasteiger partial charge in [-0.25, -0.2) is 0 Å². The largest absolute Gasteiger partial charge is 0.494 e. The van der Waals surface area contributed by atoms with Gasteiger partial charge in [-0.05, 0) is 44.0 Å². The van der Waals surface area contributed by atoms with Gasteiger partial charge in [-0.2, -0.15) is 0 Å². The van der Waals surface area contributed by atoms with Crippen molar-refractivity contribution in [2.75, 3.05) is 26.2 Å². The molecule has 1 saturated heterocycles. The van der Waals surface area contributed by atoms with E-state index < -0.39 is 0 Å². The van der Waals surface area contributed by atoms with Gasteiger partial charge in [0, 0.05) is 19.1 Å². The second-order valence-electron chi connectivity index (χ2n) is 4.87. The highest BCUT2D eigenvalue weighted by Crippen LogP contribution is 2.13. The molecule has 2 rings (SSSR count). The highest BCUT2D eigenvalue weighted by Gasteiger charge is 2.17. The minimum atomic E-state index is 0.382. The van der Waals surface area contributed by atoms with Crippen LogP contribution in [0.3, 0.4) is 0 Å². The normalized spacial score (nSPS) is 20.7. The summed E-state index contributed by atoms with van der Waals surface area (Å²) in [5, 5.41) is 0. The van der Waals surface area contributed by atoms with Gasteiger partial charge in [0.15, 0.2) is 0 Å².